The molecule has 35 heavy (non-hydrogen) atoms. The minimum Gasteiger partial charge on any atom is -0.493 e. The zero-order valence-electron chi connectivity index (χ0n) is 19.8. The predicted octanol–water partition coefficient (Wildman–Crippen LogP) is 5.39. The molecule has 1 amide bonds. The van der Waals surface area contributed by atoms with Crippen LogP contribution in [0, 0.1) is 6.92 Å². The Balaban J connectivity index is 1.88. The summed E-state index contributed by atoms with van der Waals surface area (Å²) in [6, 6.07) is 17.5. The van der Waals surface area contributed by atoms with Gasteiger partial charge in [0.15, 0.2) is 16.4 Å². The molecule has 182 valence electrons. The summed E-state index contributed by atoms with van der Waals surface area (Å²) in [5.74, 6) is 0.0602. The fourth-order valence-corrected chi connectivity index (χ4v) is 5.91. The molecule has 0 saturated carbocycles. The number of ether oxygens (including phenoxy) is 2. The molecule has 0 aromatic heterocycles. The minimum atomic E-state index is -4.24. The number of aryl methyl sites for hydroxylation is 1. The Labute approximate surface area is 210 Å². The largest absolute Gasteiger partial charge is 0.493 e. The topological polar surface area (TPSA) is 84.9 Å². The lowest BCUT2D eigenvalue weighted by Gasteiger charge is -2.33. The number of fused-ring (bicyclic) bond motifs is 1. The van der Waals surface area contributed by atoms with E-state index in [1.165, 1.54) is 18.5 Å². The average Bonchev–Trinajstić information content (AvgIpc) is 2.83. The zero-order valence-corrected chi connectivity index (χ0v) is 21.3. The lowest BCUT2D eigenvalue weighted by atomic mass is 10.0. The summed E-state index contributed by atoms with van der Waals surface area (Å²) in [6.45, 7) is 3.48. The number of amides is 1. The van der Waals surface area contributed by atoms with Crippen molar-refractivity contribution < 1.29 is 22.7 Å². The molecule has 1 heterocycles. The number of nitrogens with one attached hydrogen (secondary N) is 1. The monoisotopic (exact) mass is 512 g/mol. The van der Waals surface area contributed by atoms with Gasteiger partial charge in [0.1, 0.15) is 0 Å². The maximum absolute atomic E-state index is 13.9. The molecule has 1 aliphatic rings. The summed E-state index contributed by atoms with van der Waals surface area (Å²) in [6.07, 6.45) is 0. The van der Waals surface area contributed by atoms with Crippen molar-refractivity contribution in [3.8, 4) is 11.5 Å². The molecular weight excluding hydrogens is 488 g/mol. The third-order valence-electron chi connectivity index (χ3n) is 5.87. The second-order valence-corrected chi connectivity index (χ2v) is 10.3. The van der Waals surface area contributed by atoms with Crippen molar-refractivity contribution in [2.45, 2.75) is 20.4 Å². The van der Waals surface area contributed by atoms with Gasteiger partial charge < -0.3 is 14.8 Å². The van der Waals surface area contributed by atoms with Gasteiger partial charge in [0, 0.05) is 22.3 Å². The molecule has 0 saturated heterocycles. The van der Waals surface area contributed by atoms with E-state index in [9.17, 15) is 13.2 Å². The first kappa shape index (κ1) is 24.6. The molecule has 1 aliphatic heterocycles. The molecule has 0 unspecified atom stereocenters. The van der Waals surface area contributed by atoms with E-state index < -0.39 is 15.9 Å². The van der Waals surface area contributed by atoms with E-state index in [-0.39, 0.29) is 11.4 Å². The summed E-state index contributed by atoms with van der Waals surface area (Å²) >= 11 is 6.19. The molecule has 0 fully saturated rings. The van der Waals surface area contributed by atoms with Crippen LogP contribution >= 0.6 is 11.6 Å². The normalized spacial score (nSPS) is 14.4. The summed E-state index contributed by atoms with van der Waals surface area (Å²) in [4.78, 5) is 13.1. The maximum Gasteiger partial charge on any atom is 0.270 e. The van der Waals surface area contributed by atoms with Crippen LogP contribution in [0.2, 0.25) is 5.02 Å². The van der Waals surface area contributed by atoms with Crippen molar-refractivity contribution in [3.05, 3.63) is 87.3 Å². The summed E-state index contributed by atoms with van der Waals surface area (Å²) in [7, 11) is -1.25. The number of sulfonamides is 1. The van der Waals surface area contributed by atoms with Gasteiger partial charge in [-0.15, -0.1) is 0 Å². The molecule has 3 aromatic rings. The molecule has 0 radical (unpaired) electrons. The van der Waals surface area contributed by atoms with Crippen molar-refractivity contribution in [2.24, 2.45) is 0 Å². The summed E-state index contributed by atoms with van der Waals surface area (Å²) < 4.78 is 39.9. The molecular formula is C26H25ClN2O5S. The fraction of sp³-hybridized carbons (Fsp3) is 0.192. The first-order valence-electron chi connectivity index (χ1n) is 10.8. The maximum atomic E-state index is 13.9. The lowest BCUT2D eigenvalue weighted by molar-refractivity contribution is -0.112. The number of hydrogen-bond acceptors (Lipinski definition) is 5. The van der Waals surface area contributed by atoms with Crippen LogP contribution < -0.4 is 19.1 Å². The highest BCUT2D eigenvalue weighted by molar-refractivity contribution is 7.97. The summed E-state index contributed by atoms with van der Waals surface area (Å²) in [5.41, 5.74) is 3.27. The smallest absolute Gasteiger partial charge is 0.270 e. The Morgan fingerprint density at radius 2 is 1.63 bits per heavy atom. The number of allylic oxidation sites excluding steroid dienone is 1. The lowest BCUT2D eigenvalue weighted by Crippen LogP contribution is -2.39. The molecule has 0 atom stereocenters. The second-order valence-electron chi connectivity index (χ2n) is 8.09. The molecule has 0 bridgehead atoms. The highest BCUT2D eigenvalue weighted by Crippen LogP contribution is 2.45. The third-order valence-corrected chi connectivity index (χ3v) is 8.19. The molecule has 4 rings (SSSR count). The third kappa shape index (κ3) is 4.59. The molecule has 9 heteroatoms. The van der Waals surface area contributed by atoms with Crippen LogP contribution in [-0.2, 0) is 21.4 Å². The Kier molecular flexibility index (Phi) is 6.78. The Hall–Kier alpha value is -3.49. The van der Waals surface area contributed by atoms with Gasteiger partial charge in [0.05, 0.1) is 26.5 Å². The van der Waals surface area contributed by atoms with Gasteiger partial charge in [-0.3, -0.25) is 9.10 Å². The number of rotatable bonds is 6. The molecule has 0 spiro atoms. The molecule has 7 nitrogen and oxygen atoms in total. The van der Waals surface area contributed by atoms with Crippen LogP contribution in [0.25, 0.3) is 5.57 Å². The minimum absolute atomic E-state index is 0.0338. The molecule has 3 aromatic carbocycles. The van der Waals surface area contributed by atoms with Crippen molar-refractivity contribution in [1.29, 1.82) is 0 Å². The van der Waals surface area contributed by atoms with Crippen LogP contribution in [0.15, 0.2) is 65.6 Å². The highest BCUT2D eigenvalue weighted by atomic mass is 35.5. The first-order chi connectivity index (χ1) is 16.7. The van der Waals surface area contributed by atoms with E-state index >= 15 is 0 Å². The average molecular weight is 513 g/mol. The number of hydrogen-bond donors (Lipinski definition) is 1. The standard InChI is InChI=1S/C26H25ClN2O5S/c1-16-10-11-19(12-21(16)27)28-26(30)25-17(2)20-13-23(33-3)24(34-4)14-22(20)29(35(25,31)32)15-18-8-6-5-7-9-18/h5-14H,15H2,1-4H3,(H,28,30). The number of carbonyl (C=O) groups is 1. The van der Waals surface area contributed by atoms with Gasteiger partial charge in [-0.05, 0) is 48.7 Å². The summed E-state index contributed by atoms with van der Waals surface area (Å²) in [5, 5.41) is 3.15. The van der Waals surface area contributed by atoms with Crippen molar-refractivity contribution in [3.63, 3.8) is 0 Å². The van der Waals surface area contributed by atoms with E-state index in [4.69, 9.17) is 21.1 Å². The van der Waals surface area contributed by atoms with Crippen LogP contribution in [-0.4, -0.2) is 28.5 Å². The Bertz CT molecular complexity index is 1440. The van der Waals surface area contributed by atoms with Gasteiger partial charge in [-0.25, -0.2) is 8.42 Å². The van der Waals surface area contributed by atoms with Gasteiger partial charge in [-0.2, -0.15) is 0 Å². The number of carbonyl (C=O) groups excluding carboxylic acids is 1. The number of benzene rings is 3. The number of methoxy groups -OCH3 is 2. The van der Waals surface area contributed by atoms with Crippen LogP contribution in [0.5, 0.6) is 11.5 Å². The van der Waals surface area contributed by atoms with Crippen LogP contribution in [0.4, 0.5) is 11.4 Å². The van der Waals surface area contributed by atoms with E-state index in [1.54, 1.807) is 37.3 Å². The number of anilines is 2. The van der Waals surface area contributed by atoms with E-state index in [2.05, 4.69) is 5.32 Å². The Morgan fingerprint density at radius 1 is 0.971 bits per heavy atom. The fourth-order valence-electron chi connectivity index (χ4n) is 4.00. The van der Waals surface area contributed by atoms with Crippen molar-refractivity contribution in [2.75, 3.05) is 23.8 Å². The van der Waals surface area contributed by atoms with Gasteiger partial charge in [-0.1, -0.05) is 48.0 Å². The van der Waals surface area contributed by atoms with Crippen LogP contribution in [0.1, 0.15) is 23.6 Å². The highest BCUT2D eigenvalue weighted by Gasteiger charge is 2.40. The van der Waals surface area contributed by atoms with Crippen molar-refractivity contribution >= 4 is 44.5 Å². The molecule has 1 N–H and O–H groups in total. The second kappa shape index (κ2) is 9.64. The van der Waals surface area contributed by atoms with Gasteiger partial charge >= 0.3 is 0 Å². The number of nitrogens with zero attached hydrogens (tertiary/aromatic N) is 1. The predicted molar refractivity (Wildman–Crippen MR) is 139 cm³/mol. The van der Waals surface area contributed by atoms with Crippen LogP contribution in [0.3, 0.4) is 0 Å². The zero-order chi connectivity index (χ0) is 25.3. The van der Waals surface area contributed by atoms with E-state index in [0.29, 0.717) is 39.0 Å². The van der Waals surface area contributed by atoms with E-state index in [0.717, 1.165) is 11.1 Å². The van der Waals surface area contributed by atoms with Gasteiger partial charge in [0.2, 0.25) is 0 Å². The van der Waals surface area contributed by atoms with E-state index in [1.807, 2.05) is 37.3 Å². The quantitative estimate of drug-likeness (QED) is 0.479. The number of halogens is 1. The van der Waals surface area contributed by atoms with Gasteiger partial charge in [0.25, 0.3) is 15.9 Å². The Morgan fingerprint density at radius 3 is 2.26 bits per heavy atom. The SMILES string of the molecule is COc1cc2c(cc1OC)N(Cc1ccccc1)S(=O)(=O)C(C(=O)Nc1ccc(C)c(Cl)c1)=C2C. The van der Waals surface area contributed by atoms with Crippen molar-refractivity contribution in [1.82, 2.24) is 0 Å². The first-order valence-corrected chi connectivity index (χ1v) is 12.6. The molecule has 0 aliphatic carbocycles.